The summed E-state index contributed by atoms with van der Waals surface area (Å²) in [6.07, 6.45) is 0. The number of aromatic amines is 1. The number of hydrazine groups is 1. The Labute approximate surface area is 89.0 Å². The van der Waals surface area contributed by atoms with Gasteiger partial charge in [0.1, 0.15) is 5.82 Å². The van der Waals surface area contributed by atoms with Gasteiger partial charge in [0.15, 0.2) is 0 Å². The highest BCUT2D eigenvalue weighted by atomic mass is 16.2. The van der Waals surface area contributed by atoms with Crippen molar-refractivity contribution in [1.82, 2.24) is 25.6 Å². The van der Waals surface area contributed by atoms with E-state index in [1.165, 1.54) is 0 Å². The molecule has 0 fully saturated rings. The third-order valence-electron chi connectivity index (χ3n) is 1.72. The van der Waals surface area contributed by atoms with E-state index in [-0.39, 0.29) is 17.1 Å². The Morgan fingerprint density at radius 2 is 2.00 bits per heavy atom. The van der Waals surface area contributed by atoms with Gasteiger partial charge >= 0.3 is 5.91 Å². The van der Waals surface area contributed by atoms with E-state index in [9.17, 15) is 4.79 Å². The van der Waals surface area contributed by atoms with Crippen LogP contribution < -0.4 is 5.43 Å². The van der Waals surface area contributed by atoms with Gasteiger partial charge in [0.05, 0.1) is 0 Å². The maximum Gasteiger partial charge on any atom is 0.305 e. The van der Waals surface area contributed by atoms with Gasteiger partial charge < -0.3 is 0 Å². The van der Waals surface area contributed by atoms with E-state index in [2.05, 4.69) is 20.6 Å². The molecule has 0 aliphatic rings. The number of nitrogens with zero attached hydrogens (tertiary/aromatic N) is 3. The Hall–Kier alpha value is -1.43. The smallest absolute Gasteiger partial charge is 0.282 e. The van der Waals surface area contributed by atoms with Gasteiger partial charge in [-0.05, 0) is 0 Å². The highest BCUT2D eigenvalue weighted by molar-refractivity contribution is 5.89. The van der Waals surface area contributed by atoms with Gasteiger partial charge in [0.25, 0.3) is 0 Å². The second-order valence-corrected chi connectivity index (χ2v) is 4.59. The molecule has 0 radical (unpaired) electrons. The predicted molar refractivity (Wildman–Crippen MR) is 56.2 cm³/mol. The van der Waals surface area contributed by atoms with Gasteiger partial charge in [-0.25, -0.2) is 9.99 Å². The highest BCUT2D eigenvalue weighted by Gasteiger charge is 2.21. The van der Waals surface area contributed by atoms with Crippen LogP contribution in [0.4, 0.5) is 0 Å². The Morgan fingerprint density at radius 1 is 1.40 bits per heavy atom. The minimum absolute atomic E-state index is 0.135. The molecule has 0 aromatic carbocycles. The summed E-state index contributed by atoms with van der Waals surface area (Å²) < 4.78 is 0. The number of carbonyl (C=O) groups excluding carboxylic acids is 1. The van der Waals surface area contributed by atoms with Crippen molar-refractivity contribution in [2.24, 2.45) is 0 Å². The number of hydrogen-bond donors (Lipinski definition) is 2. The molecule has 1 aromatic heterocycles. The van der Waals surface area contributed by atoms with Crippen molar-refractivity contribution in [2.75, 3.05) is 14.1 Å². The lowest BCUT2D eigenvalue weighted by Gasteiger charge is -2.13. The molecule has 0 atom stereocenters. The van der Waals surface area contributed by atoms with Crippen molar-refractivity contribution in [2.45, 2.75) is 26.2 Å². The number of rotatable bonds is 2. The maximum absolute atomic E-state index is 11.5. The zero-order valence-electron chi connectivity index (χ0n) is 9.75. The fourth-order valence-electron chi connectivity index (χ4n) is 0.952. The predicted octanol–water partition coefficient (Wildman–Crippen LogP) is 0.309. The fourth-order valence-corrected chi connectivity index (χ4v) is 0.952. The average Bonchev–Trinajstić information content (AvgIpc) is 2.48. The standard InChI is InChI=1S/C9H17N5O/c1-9(2,3)8-10-6(11-12-8)7(15)13-14(4)5/h1-5H3,(H,13,15)(H,10,11,12). The van der Waals surface area contributed by atoms with Gasteiger partial charge in [-0.3, -0.25) is 15.3 Å². The van der Waals surface area contributed by atoms with Gasteiger partial charge in [-0.1, -0.05) is 20.8 Å². The van der Waals surface area contributed by atoms with Crippen molar-refractivity contribution in [3.8, 4) is 0 Å². The van der Waals surface area contributed by atoms with E-state index in [4.69, 9.17) is 0 Å². The number of H-pyrrole nitrogens is 1. The molecule has 0 spiro atoms. The van der Waals surface area contributed by atoms with Crippen molar-refractivity contribution in [3.05, 3.63) is 11.6 Å². The minimum Gasteiger partial charge on any atom is -0.282 e. The normalized spacial score (nSPS) is 11.9. The Morgan fingerprint density at radius 3 is 2.40 bits per heavy atom. The molecule has 1 aromatic rings. The lowest BCUT2D eigenvalue weighted by Crippen LogP contribution is -2.36. The van der Waals surface area contributed by atoms with Crippen molar-refractivity contribution in [3.63, 3.8) is 0 Å². The summed E-state index contributed by atoms with van der Waals surface area (Å²) in [5, 5.41) is 8.17. The summed E-state index contributed by atoms with van der Waals surface area (Å²) in [6.45, 7) is 6.00. The molecule has 15 heavy (non-hydrogen) atoms. The molecule has 0 aliphatic heterocycles. The van der Waals surface area contributed by atoms with E-state index in [0.717, 1.165) is 0 Å². The number of nitrogens with one attached hydrogen (secondary N) is 2. The van der Waals surface area contributed by atoms with E-state index >= 15 is 0 Å². The van der Waals surface area contributed by atoms with Crippen molar-refractivity contribution < 1.29 is 4.79 Å². The molecule has 84 valence electrons. The van der Waals surface area contributed by atoms with Crippen LogP contribution in [0.15, 0.2) is 0 Å². The SMILES string of the molecule is CN(C)NC(=O)c1n[nH]c(C(C)(C)C)n1. The first-order chi connectivity index (χ1) is 6.80. The average molecular weight is 211 g/mol. The lowest BCUT2D eigenvalue weighted by molar-refractivity contribution is 0.0846. The van der Waals surface area contributed by atoms with Gasteiger partial charge in [0, 0.05) is 19.5 Å². The Balaban J connectivity index is 2.81. The van der Waals surface area contributed by atoms with Crippen LogP contribution in [-0.4, -0.2) is 40.2 Å². The first kappa shape index (κ1) is 11.6. The van der Waals surface area contributed by atoms with Gasteiger partial charge in [-0.15, -0.1) is 5.10 Å². The van der Waals surface area contributed by atoms with Crippen LogP contribution in [0.1, 0.15) is 37.2 Å². The largest absolute Gasteiger partial charge is 0.305 e. The van der Waals surface area contributed by atoms with E-state index < -0.39 is 0 Å². The summed E-state index contributed by atoms with van der Waals surface area (Å²) in [4.78, 5) is 15.6. The number of hydrogen-bond acceptors (Lipinski definition) is 4. The van der Waals surface area contributed by atoms with Crippen LogP contribution >= 0.6 is 0 Å². The Kier molecular flexibility index (Phi) is 3.09. The molecule has 1 rings (SSSR count). The molecule has 6 heteroatoms. The molecule has 1 amide bonds. The van der Waals surface area contributed by atoms with E-state index in [1.807, 2.05) is 20.8 Å². The number of amides is 1. The van der Waals surface area contributed by atoms with Crippen LogP contribution in [0.2, 0.25) is 0 Å². The Bertz CT molecular complexity index is 350. The van der Waals surface area contributed by atoms with Crippen molar-refractivity contribution >= 4 is 5.91 Å². The second kappa shape index (κ2) is 3.98. The summed E-state index contributed by atoms with van der Waals surface area (Å²) in [5.74, 6) is 0.548. The molecule has 0 aliphatic carbocycles. The molecule has 0 unspecified atom stereocenters. The number of aromatic nitrogens is 3. The molecule has 6 nitrogen and oxygen atoms in total. The first-order valence-electron chi connectivity index (χ1n) is 4.72. The third-order valence-corrected chi connectivity index (χ3v) is 1.72. The molecule has 0 bridgehead atoms. The van der Waals surface area contributed by atoms with Crippen LogP contribution in [0.3, 0.4) is 0 Å². The lowest BCUT2D eigenvalue weighted by atomic mass is 9.96. The minimum atomic E-state index is -0.313. The van der Waals surface area contributed by atoms with Crippen molar-refractivity contribution in [1.29, 1.82) is 0 Å². The first-order valence-corrected chi connectivity index (χ1v) is 4.72. The quantitative estimate of drug-likeness (QED) is 0.690. The summed E-state index contributed by atoms with van der Waals surface area (Å²) in [6, 6.07) is 0. The van der Waals surface area contributed by atoms with Crippen LogP contribution in [0.5, 0.6) is 0 Å². The summed E-state index contributed by atoms with van der Waals surface area (Å²) in [7, 11) is 3.46. The number of carbonyl (C=O) groups is 1. The van der Waals surface area contributed by atoms with Crippen LogP contribution in [-0.2, 0) is 5.41 Å². The second-order valence-electron chi connectivity index (χ2n) is 4.59. The van der Waals surface area contributed by atoms with E-state index in [0.29, 0.717) is 5.82 Å². The fraction of sp³-hybridized carbons (Fsp3) is 0.667. The third kappa shape index (κ3) is 3.02. The highest BCUT2D eigenvalue weighted by Crippen LogP contribution is 2.17. The molecular formula is C9H17N5O. The molecule has 1 heterocycles. The maximum atomic E-state index is 11.5. The molecule has 0 saturated heterocycles. The van der Waals surface area contributed by atoms with Crippen LogP contribution in [0, 0.1) is 0 Å². The summed E-state index contributed by atoms with van der Waals surface area (Å²) >= 11 is 0. The zero-order chi connectivity index (χ0) is 11.6. The van der Waals surface area contributed by atoms with E-state index in [1.54, 1.807) is 19.1 Å². The van der Waals surface area contributed by atoms with Crippen LogP contribution in [0.25, 0.3) is 0 Å². The van der Waals surface area contributed by atoms with Gasteiger partial charge in [-0.2, -0.15) is 0 Å². The zero-order valence-corrected chi connectivity index (χ0v) is 9.75. The molecular weight excluding hydrogens is 194 g/mol. The molecule has 0 saturated carbocycles. The monoisotopic (exact) mass is 211 g/mol. The molecule has 2 N–H and O–H groups in total. The summed E-state index contributed by atoms with van der Waals surface area (Å²) in [5.41, 5.74) is 2.44. The van der Waals surface area contributed by atoms with Gasteiger partial charge in [0.2, 0.25) is 5.82 Å². The topological polar surface area (TPSA) is 73.9 Å².